The molecule has 0 spiro atoms. The van der Waals surface area contributed by atoms with Crippen LogP contribution >= 0.6 is 0 Å². The number of hydrogen-bond donors (Lipinski definition) is 3. The number of hydrogen-bond acceptors (Lipinski definition) is 4. The zero-order valence-corrected chi connectivity index (χ0v) is 14.1. The van der Waals surface area contributed by atoms with Crippen LogP contribution in [0.4, 0.5) is 5.69 Å². The summed E-state index contributed by atoms with van der Waals surface area (Å²) < 4.78 is 5.41. The van der Waals surface area contributed by atoms with E-state index in [4.69, 9.17) is 4.74 Å². The van der Waals surface area contributed by atoms with Crippen LogP contribution in [0.15, 0.2) is 66.7 Å². The molecule has 3 aromatic rings. The third kappa shape index (κ3) is 2.14. The molecule has 0 aromatic heterocycles. The monoisotopic (exact) mass is 347 g/mol. The lowest BCUT2D eigenvalue weighted by molar-refractivity contribution is -0.118. The van der Waals surface area contributed by atoms with Crippen LogP contribution in [0, 0.1) is 0 Å². The van der Waals surface area contributed by atoms with Crippen molar-refractivity contribution in [3.05, 3.63) is 83.4 Å². The highest BCUT2D eigenvalue weighted by atomic mass is 16.5. The molecule has 130 valence electrons. The van der Waals surface area contributed by atoms with E-state index < -0.39 is 5.41 Å². The van der Waals surface area contributed by atoms with Gasteiger partial charge in [-0.1, -0.05) is 36.4 Å². The Morgan fingerprint density at radius 2 is 1.38 bits per heavy atom. The van der Waals surface area contributed by atoms with Crippen LogP contribution < -0.4 is 10.1 Å². The first-order chi connectivity index (χ1) is 12.6. The summed E-state index contributed by atoms with van der Waals surface area (Å²) in [5.74, 6) is 0.612. The number of methoxy groups -OCH3 is 1. The Balaban J connectivity index is 2.07. The number of rotatable bonds is 3. The number of aromatic hydroxyl groups is 2. The summed E-state index contributed by atoms with van der Waals surface area (Å²) >= 11 is 0. The van der Waals surface area contributed by atoms with Crippen LogP contribution in [-0.4, -0.2) is 23.2 Å². The molecule has 0 saturated heterocycles. The molecule has 0 fully saturated rings. The predicted octanol–water partition coefficient (Wildman–Crippen LogP) is 3.39. The standard InChI is InChI=1S/C21H17NO4/c1-26-18-4-2-3-17-19(18)22-20(25)21(17,13-5-9-15(23)10-6-13)14-7-11-16(24)12-8-14/h2-12,23-24H,1H3,(H,22,25). The number of carbonyl (C=O) groups is 1. The second-order valence-corrected chi connectivity index (χ2v) is 6.18. The smallest absolute Gasteiger partial charge is 0.244 e. The second-order valence-electron chi connectivity index (χ2n) is 6.18. The maximum atomic E-state index is 13.3. The SMILES string of the molecule is COc1cccc2c1NC(=O)C2(c1ccc(O)cc1)c1ccc(O)cc1. The van der Waals surface area contributed by atoms with Crippen molar-refractivity contribution in [3.8, 4) is 17.2 Å². The van der Waals surface area contributed by atoms with Crippen molar-refractivity contribution in [1.29, 1.82) is 0 Å². The van der Waals surface area contributed by atoms with E-state index in [-0.39, 0.29) is 17.4 Å². The van der Waals surface area contributed by atoms with E-state index in [1.807, 2.05) is 12.1 Å². The topological polar surface area (TPSA) is 78.8 Å². The number of phenols is 2. The Hall–Kier alpha value is -3.47. The van der Waals surface area contributed by atoms with E-state index in [9.17, 15) is 15.0 Å². The molecule has 1 aliphatic rings. The van der Waals surface area contributed by atoms with Crippen LogP contribution in [0.3, 0.4) is 0 Å². The van der Waals surface area contributed by atoms with Gasteiger partial charge in [-0.05, 0) is 41.5 Å². The van der Waals surface area contributed by atoms with Gasteiger partial charge in [-0.2, -0.15) is 0 Å². The molecule has 5 heteroatoms. The van der Waals surface area contributed by atoms with Crippen molar-refractivity contribution in [2.75, 3.05) is 12.4 Å². The van der Waals surface area contributed by atoms with Crippen molar-refractivity contribution < 1.29 is 19.7 Å². The van der Waals surface area contributed by atoms with Crippen LogP contribution in [0.2, 0.25) is 0 Å². The third-order valence-corrected chi connectivity index (χ3v) is 4.83. The van der Waals surface area contributed by atoms with Gasteiger partial charge in [0.15, 0.2) is 0 Å². The number of para-hydroxylation sites is 1. The molecule has 4 rings (SSSR count). The van der Waals surface area contributed by atoms with Gasteiger partial charge in [0.1, 0.15) is 22.7 Å². The summed E-state index contributed by atoms with van der Waals surface area (Å²) in [6, 6.07) is 18.7. The van der Waals surface area contributed by atoms with Crippen molar-refractivity contribution in [2.24, 2.45) is 0 Å². The molecule has 3 aromatic carbocycles. The molecule has 0 aliphatic carbocycles. The summed E-state index contributed by atoms with van der Waals surface area (Å²) in [5.41, 5.74) is 1.71. The fraction of sp³-hybridized carbons (Fsp3) is 0.0952. The van der Waals surface area contributed by atoms with E-state index >= 15 is 0 Å². The van der Waals surface area contributed by atoms with E-state index in [1.165, 1.54) is 0 Å². The average molecular weight is 347 g/mol. The zero-order chi connectivity index (χ0) is 18.3. The number of benzene rings is 3. The van der Waals surface area contributed by atoms with Crippen LogP contribution in [0.1, 0.15) is 16.7 Å². The summed E-state index contributed by atoms with van der Waals surface area (Å²) in [4.78, 5) is 13.3. The van der Waals surface area contributed by atoms with Crippen LogP contribution in [0.25, 0.3) is 0 Å². The molecule has 0 radical (unpaired) electrons. The van der Waals surface area contributed by atoms with E-state index in [1.54, 1.807) is 61.7 Å². The Labute approximate surface area is 150 Å². The van der Waals surface area contributed by atoms with Gasteiger partial charge in [0.2, 0.25) is 5.91 Å². The lowest BCUT2D eigenvalue weighted by atomic mass is 9.70. The fourth-order valence-corrected chi connectivity index (χ4v) is 3.63. The molecule has 26 heavy (non-hydrogen) atoms. The molecule has 1 aliphatic heterocycles. The number of fused-ring (bicyclic) bond motifs is 1. The third-order valence-electron chi connectivity index (χ3n) is 4.83. The molecule has 0 bridgehead atoms. The molecule has 1 amide bonds. The molecule has 0 unspecified atom stereocenters. The lowest BCUT2D eigenvalue weighted by Gasteiger charge is -2.29. The second kappa shape index (κ2) is 5.81. The maximum absolute atomic E-state index is 13.3. The van der Waals surface area contributed by atoms with Crippen molar-refractivity contribution in [2.45, 2.75) is 5.41 Å². The first-order valence-electron chi connectivity index (χ1n) is 8.15. The van der Waals surface area contributed by atoms with Crippen molar-refractivity contribution >= 4 is 11.6 Å². The van der Waals surface area contributed by atoms with Gasteiger partial charge >= 0.3 is 0 Å². The first kappa shape index (κ1) is 16.0. The normalized spacial score (nSPS) is 14.6. The Kier molecular flexibility index (Phi) is 3.58. The number of carbonyl (C=O) groups excluding carboxylic acids is 1. The van der Waals surface area contributed by atoms with E-state index in [0.717, 1.165) is 5.56 Å². The number of amides is 1. The minimum Gasteiger partial charge on any atom is -0.508 e. The van der Waals surface area contributed by atoms with Crippen LogP contribution in [0.5, 0.6) is 17.2 Å². The highest BCUT2D eigenvalue weighted by Crippen LogP contribution is 2.50. The van der Waals surface area contributed by atoms with Crippen molar-refractivity contribution in [1.82, 2.24) is 0 Å². The molecular weight excluding hydrogens is 330 g/mol. The molecule has 1 heterocycles. The molecule has 0 saturated carbocycles. The quantitative estimate of drug-likeness (QED) is 0.679. The summed E-state index contributed by atoms with van der Waals surface area (Å²) in [5, 5.41) is 22.3. The van der Waals surface area contributed by atoms with Crippen LogP contribution in [-0.2, 0) is 10.2 Å². The van der Waals surface area contributed by atoms with Gasteiger partial charge in [0, 0.05) is 5.56 Å². The van der Waals surface area contributed by atoms with Gasteiger partial charge in [0.05, 0.1) is 12.8 Å². The van der Waals surface area contributed by atoms with Gasteiger partial charge in [-0.3, -0.25) is 4.79 Å². The molecular formula is C21H17NO4. The minimum atomic E-state index is -1.11. The Bertz CT molecular complexity index is 932. The fourth-order valence-electron chi connectivity index (χ4n) is 3.63. The number of nitrogens with one attached hydrogen (secondary N) is 1. The highest BCUT2D eigenvalue weighted by Gasteiger charge is 2.50. The van der Waals surface area contributed by atoms with E-state index in [0.29, 0.717) is 22.6 Å². The van der Waals surface area contributed by atoms with Gasteiger partial charge in [-0.25, -0.2) is 0 Å². The maximum Gasteiger partial charge on any atom is 0.244 e. The highest BCUT2D eigenvalue weighted by molar-refractivity contribution is 6.12. The summed E-state index contributed by atoms with van der Waals surface area (Å²) in [6.45, 7) is 0. The number of ether oxygens (including phenoxy) is 1. The molecule has 5 nitrogen and oxygen atoms in total. The average Bonchev–Trinajstić information content (AvgIpc) is 2.96. The Morgan fingerprint density at radius 3 is 1.88 bits per heavy atom. The van der Waals surface area contributed by atoms with E-state index in [2.05, 4.69) is 5.32 Å². The van der Waals surface area contributed by atoms with Gasteiger partial charge in [-0.15, -0.1) is 0 Å². The van der Waals surface area contributed by atoms with Gasteiger partial charge in [0.25, 0.3) is 0 Å². The number of phenolic OH excluding ortho intramolecular Hbond substituents is 2. The largest absolute Gasteiger partial charge is 0.508 e. The van der Waals surface area contributed by atoms with Gasteiger partial charge < -0.3 is 20.3 Å². The first-order valence-corrected chi connectivity index (χ1v) is 8.15. The molecule has 3 N–H and O–H groups in total. The van der Waals surface area contributed by atoms with Crippen molar-refractivity contribution in [3.63, 3.8) is 0 Å². The minimum absolute atomic E-state index is 0.124. The lowest BCUT2D eigenvalue weighted by Crippen LogP contribution is -2.36. The predicted molar refractivity (Wildman–Crippen MR) is 97.7 cm³/mol. The summed E-state index contributed by atoms with van der Waals surface area (Å²) in [6.07, 6.45) is 0. The molecule has 0 atom stereocenters. The number of anilines is 1. The Morgan fingerprint density at radius 1 is 0.846 bits per heavy atom. The zero-order valence-electron chi connectivity index (χ0n) is 14.1. The summed E-state index contributed by atoms with van der Waals surface area (Å²) in [7, 11) is 1.56.